The zero-order chi connectivity index (χ0) is 19.1. The van der Waals surface area contributed by atoms with Gasteiger partial charge in [0.15, 0.2) is 0 Å². The number of aromatic nitrogens is 1. The van der Waals surface area contributed by atoms with Gasteiger partial charge in [-0.15, -0.1) is 11.3 Å². The van der Waals surface area contributed by atoms with Gasteiger partial charge in [-0.1, -0.05) is 12.1 Å². The minimum atomic E-state index is -0.229. The van der Waals surface area contributed by atoms with E-state index in [0.29, 0.717) is 24.5 Å². The molecule has 0 bridgehead atoms. The summed E-state index contributed by atoms with van der Waals surface area (Å²) in [6.45, 7) is 10.9. The number of hydrogen-bond donors (Lipinski definition) is 2. The molecule has 0 spiro atoms. The Hall–Kier alpha value is -2.34. The van der Waals surface area contributed by atoms with E-state index in [1.165, 1.54) is 11.3 Å². The molecule has 3 rings (SSSR count). The van der Waals surface area contributed by atoms with Crippen molar-refractivity contribution in [3.05, 3.63) is 51.2 Å². The third-order valence-electron chi connectivity index (χ3n) is 4.15. The molecular formula is C20H25N3O2S. The number of amidine groups is 1. The lowest BCUT2D eigenvalue weighted by Crippen LogP contribution is -2.26. The number of aryl methyl sites for hydroxylation is 2. The van der Waals surface area contributed by atoms with Crippen molar-refractivity contribution < 1.29 is 9.84 Å². The van der Waals surface area contributed by atoms with Gasteiger partial charge in [0.1, 0.15) is 28.0 Å². The molecule has 5 nitrogen and oxygen atoms in total. The van der Waals surface area contributed by atoms with E-state index in [0.717, 1.165) is 26.9 Å². The first kappa shape index (κ1) is 18.5. The number of ether oxygens (including phenoxy) is 1. The third kappa shape index (κ3) is 3.90. The second kappa shape index (κ2) is 6.76. The second-order valence-electron chi connectivity index (χ2n) is 7.55. The first-order valence-corrected chi connectivity index (χ1v) is 9.44. The van der Waals surface area contributed by atoms with E-state index in [2.05, 4.69) is 4.98 Å². The highest BCUT2D eigenvalue weighted by atomic mass is 32.1. The fourth-order valence-electron chi connectivity index (χ4n) is 2.81. The van der Waals surface area contributed by atoms with Crippen LogP contribution in [0.1, 0.15) is 41.9 Å². The number of aliphatic hydroxyl groups is 1. The van der Waals surface area contributed by atoms with E-state index in [9.17, 15) is 5.11 Å². The number of rotatable bonds is 4. The maximum atomic E-state index is 10.4. The molecule has 0 radical (unpaired) electrons. The zero-order valence-electron chi connectivity index (χ0n) is 15.9. The summed E-state index contributed by atoms with van der Waals surface area (Å²) in [5, 5.41) is 19.6. The lowest BCUT2D eigenvalue weighted by molar-refractivity contribution is 0.131. The van der Waals surface area contributed by atoms with Crippen molar-refractivity contribution in [1.82, 2.24) is 9.88 Å². The molecule has 0 fully saturated rings. The predicted molar refractivity (Wildman–Crippen MR) is 106 cm³/mol. The number of nitrogens with one attached hydrogen (secondary N) is 1. The maximum Gasteiger partial charge on any atom is 0.135 e. The van der Waals surface area contributed by atoms with Gasteiger partial charge in [0.2, 0.25) is 0 Å². The predicted octanol–water partition coefficient (Wildman–Crippen LogP) is 4.70. The smallest absolute Gasteiger partial charge is 0.135 e. The molecule has 1 aliphatic heterocycles. The number of aliphatic hydroxyl groups excluding tert-OH is 1. The molecule has 0 aliphatic carbocycles. The van der Waals surface area contributed by atoms with Crippen LogP contribution in [0.3, 0.4) is 0 Å². The monoisotopic (exact) mass is 371 g/mol. The van der Waals surface area contributed by atoms with Crippen LogP contribution < -0.4 is 4.74 Å². The van der Waals surface area contributed by atoms with E-state index in [4.69, 9.17) is 10.1 Å². The quantitative estimate of drug-likeness (QED) is 0.817. The third-order valence-corrected chi connectivity index (χ3v) is 5.24. The lowest BCUT2D eigenvalue weighted by atomic mass is 10.1. The van der Waals surface area contributed by atoms with Gasteiger partial charge in [0.05, 0.1) is 17.8 Å². The van der Waals surface area contributed by atoms with Crippen LogP contribution in [-0.4, -0.2) is 33.0 Å². The van der Waals surface area contributed by atoms with Crippen molar-refractivity contribution in [2.45, 2.75) is 46.8 Å². The van der Waals surface area contributed by atoms with Gasteiger partial charge >= 0.3 is 0 Å². The van der Waals surface area contributed by atoms with Gasteiger partial charge in [-0.25, -0.2) is 4.98 Å². The first-order valence-electron chi connectivity index (χ1n) is 8.62. The van der Waals surface area contributed by atoms with E-state index in [1.54, 1.807) is 0 Å². The first-order chi connectivity index (χ1) is 12.1. The van der Waals surface area contributed by atoms with Crippen LogP contribution in [0.2, 0.25) is 0 Å². The van der Waals surface area contributed by atoms with E-state index in [1.807, 2.05) is 63.8 Å². The molecule has 2 aromatic rings. The van der Waals surface area contributed by atoms with Crippen molar-refractivity contribution in [2.75, 3.05) is 6.54 Å². The van der Waals surface area contributed by atoms with Crippen LogP contribution in [0.4, 0.5) is 0 Å². The van der Waals surface area contributed by atoms with Crippen molar-refractivity contribution in [3.8, 4) is 5.75 Å². The molecular weight excluding hydrogens is 346 g/mol. The molecule has 26 heavy (non-hydrogen) atoms. The van der Waals surface area contributed by atoms with Gasteiger partial charge in [-0.2, -0.15) is 0 Å². The number of benzene rings is 1. The highest BCUT2D eigenvalue weighted by Gasteiger charge is 2.30. The highest BCUT2D eigenvalue weighted by Crippen LogP contribution is 2.32. The Morgan fingerprint density at radius 2 is 1.88 bits per heavy atom. The normalized spacial score (nSPS) is 15.1. The summed E-state index contributed by atoms with van der Waals surface area (Å²) in [6.07, 6.45) is 0. The van der Waals surface area contributed by atoms with Crippen molar-refractivity contribution in [1.29, 1.82) is 5.41 Å². The Morgan fingerprint density at radius 3 is 2.42 bits per heavy atom. The molecule has 138 valence electrons. The van der Waals surface area contributed by atoms with Crippen LogP contribution in [0.25, 0.3) is 5.57 Å². The molecule has 1 aromatic heterocycles. The fourth-order valence-corrected chi connectivity index (χ4v) is 3.79. The van der Waals surface area contributed by atoms with Crippen LogP contribution >= 0.6 is 11.3 Å². The number of thiazole rings is 1. The summed E-state index contributed by atoms with van der Waals surface area (Å²) < 4.78 is 5.84. The molecule has 2 heterocycles. The molecule has 0 saturated heterocycles. The summed E-state index contributed by atoms with van der Waals surface area (Å²) in [5.74, 6) is 1.37. The summed E-state index contributed by atoms with van der Waals surface area (Å²) >= 11 is 1.52. The molecule has 1 aromatic carbocycles. The summed E-state index contributed by atoms with van der Waals surface area (Å²) in [4.78, 5) is 7.47. The summed E-state index contributed by atoms with van der Waals surface area (Å²) in [6, 6.07) is 7.90. The molecule has 0 atom stereocenters. The Kier molecular flexibility index (Phi) is 4.80. The average Bonchev–Trinajstić information content (AvgIpc) is 2.99. The fraction of sp³-hybridized carbons (Fsp3) is 0.400. The largest absolute Gasteiger partial charge is 0.510 e. The number of nitrogens with zero attached hydrogens (tertiary/aromatic N) is 2. The molecule has 2 N–H and O–H groups in total. The minimum absolute atomic E-state index is 0.219. The molecule has 0 amide bonds. The topological polar surface area (TPSA) is 69.4 Å². The minimum Gasteiger partial charge on any atom is -0.510 e. The zero-order valence-corrected chi connectivity index (χ0v) is 16.7. The number of hydrogen-bond acceptors (Lipinski definition) is 5. The van der Waals surface area contributed by atoms with Crippen molar-refractivity contribution in [3.63, 3.8) is 0 Å². The molecule has 6 heteroatoms. The maximum absolute atomic E-state index is 10.4. The lowest BCUT2D eigenvalue weighted by Gasteiger charge is -2.22. The summed E-state index contributed by atoms with van der Waals surface area (Å²) in [7, 11) is 0. The van der Waals surface area contributed by atoms with Crippen molar-refractivity contribution in [2.24, 2.45) is 0 Å². The van der Waals surface area contributed by atoms with Crippen LogP contribution in [0.5, 0.6) is 5.75 Å². The Labute approximate surface area is 158 Å². The SMILES string of the molecule is Cc1nc(C2=C(O)CN(Cc3ccc(OC(C)(C)C)cc3)C2=N)sc1C. The van der Waals surface area contributed by atoms with Gasteiger partial charge in [-0.3, -0.25) is 5.41 Å². The Bertz CT molecular complexity index is 841. The van der Waals surface area contributed by atoms with E-state index >= 15 is 0 Å². The van der Waals surface area contributed by atoms with Gasteiger partial charge in [0.25, 0.3) is 0 Å². The summed E-state index contributed by atoms with van der Waals surface area (Å²) in [5.41, 5.74) is 2.34. The average molecular weight is 372 g/mol. The molecule has 0 unspecified atom stereocenters. The van der Waals surface area contributed by atoms with Crippen LogP contribution in [0, 0.1) is 19.3 Å². The molecule has 1 aliphatic rings. The standard InChI is InChI=1S/C20H25N3O2S/c1-12-13(2)26-19(22-12)17-16(24)11-23(18(17)21)10-14-6-8-15(9-7-14)25-20(3,4)5/h6-9,21,24H,10-11H2,1-5H3. The Balaban J connectivity index is 1.71. The Morgan fingerprint density at radius 1 is 1.23 bits per heavy atom. The molecule has 0 saturated carbocycles. The van der Waals surface area contributed by atoms with Gasteiger partial charge < -0.3 is 14.7 Å². The highest BCUT2D eigenvalue weighted by molar-refractivity contribution is 7.13. The van der Waals surface area contributed by atoms with Crippen molar-refractivity contribution >= 4 is 22.7 Å². The second-order valence-corrected chi connectivity index (χ2v) is 8.75. The van der Waals surface area contributed by atoms with Crippen LogP contribution in [0.15, 0.2) is 30.0 Å². The van der Waals surface area contributed by atoms with E-state index in [-0.39, 0.29) is 11.4 Å². The van der Waals surface area contributed by atoms with Gasteiger partial charge in [-0.05, 0) is 52.3 Å². The van der Waals surface area contributed by atoms with E-state index < -0.39 is 0 Å². The van der Waals surface area contributed by atoms with Crippen LogP contribution in [-0.2, 0) is 6.54 Å². The van der Waals surface area contributed by atoms with Gasteiger partial charge in [0, 0.05) is 11.4 Å².